The number of rotatable bonds is 5. The molecule has 0 aliphatic carbocycles. The summed E-state index contributed by atoms with van der Waals surface area (Å²) in [5, 5.41) is -0.218. The lowest BCUT2D eigenvalue weighted by Crippen LogP contribution is -2.30. The van der Waals surface area contributed by atoms with E-state index in [1.54, 1.807) is 37.3 Å². The first-order valence-corrected chi connectivity index (χ1v) is 12.0. The number of halogens is 3. The Labute approximate surface area is 190 Å². The van der Waals surface area contributed by atoms with Gasteiger partial charge in [-0.25, -0.2) is 9.97 Å². The Kier molecular flexibility index (Phi) is 6.29. The van der Waals surface area contributed by atoms with Crippen LogP contribution in [-0.4, -0.2) is 31.5 Å². The van der Waals surface area contributed by atoms with E-state index < -0.39 is 21.8 Å². The molecule has 1 fully saturated rings. The monoisotopic (exact) mass is 476 g/mol. The molecule has 4 rings (SSSR count). The van der Waals surface area contributed by atoms with Crippen molar-refractivity contribution in [2.75, 3.05) is 22.7 Å². The summed E-state index contributed by atoms with van der Waals surface area (Å²) in [6.07, 6.45) is -1.51. The molecule has 10 heteroatoms. The molecule has 1 saturated heterocycles. The highest BCUT2D eigenvalue weighted by molar-refractivity contribution is 7.92. The van der Waals surface area contributed by atoms with Crippen LogP contribution in [0.5, 0.6) is 0 Å². The van der Waals surface area contributed by atoms with Crippen LogP contribution in [-0.2, 0) is 16.2 Å². The summed E-state index contributed by atoms with van der Waals surface area (Å²) < 4.78 is 69.1. The van der Waals surface area contributed by atoms with Gasteiger partial charge in [-0.3, -0.25) is 4.72 Å². The average Bonchev–Trinajstić information content (AvgIpc) is 2.79. The molecule has 0 spiro atoms. The quantitative estimate of drug-likeness (QED) is 0.544. The first kappa shape index (κ1) is 23.0. The largest absolute Gasteiger partial charge is 0.418 e. The standard InChI is InChI=1S/C23H23F3N4O2S/c1-16-8-3-4-9-17(16)22-18(23(24,25)26)12-13-19(27-22)29-33(31,32)21-11-7-10-20(28-21)30-14-5-2-6-15-30/h3-4,7-13H,2,5-6,14-15H2,1H3,(H,27,29). The summed E-state index contributed by atoms with van der Waals surface area (Å²) >= 11 is 0. The fourth-order valence-electron chi connectivity index (χ4n) is 3.83. The summed E-state index contributed by atoms with van der Waals surface area (Å²) in [6.45, 7) is 3.26. The van der Waals surface area contributed by atoms with E-state index in [0.717, 1.165) is 44.5 Å². The molecule has 0 radical (unpaired) electrons. The fraction of sp³-hybridized carbons (Fsp3) is 0.304. The number of nitrogens with one attached hydrogen (secondary N) is 1. The van der Waals surface area contributed by atoms with Crippen LogP contribution in [0.1, 0.15) is 30.4 Å². The van der Waals surface area contributed by atoms with Gasteiger partial charge in [0.15, 0.2) is 5.03 Å². The molecule has 3 aromatic rings. The van der Waals surface area contributed by atoms with Gasteiger partial charge < -0.3 is 4.90 Å². The predicted octanol–water partition coefficient (Wildman–Crippen LogP) is 5.26. The Morgan fingerprint density at radius 1 is 0.909 bits per heavy atom. The second-order valence-electron chi connectivity index (χ2n) is 7.89. The lowest BCUT2D eigenvalue weighted by atomic mass is 10.0. The van der Waals surface area contributed by atoms with Crippen molar-refractivity contribution in [3.05, 3.63) is 65.7 Å². The van der Waals surface area contributed by atoms with Crippen molar-refractivity contribution >= 4 is 21.7 Å². The highest BCUT2D eigenvalue weighted by Gasteiger charge is 2.35. The zero-order valence-corrected chi connectivity index (χ0v) is 18.7. The lowest BCUT2D eigenvalue weighted by molar-refractivity contribution is -0.137. The molecule has 0 amide bonds. The molecule has 1 aromatic carbocycles. The van der Waals surface area contributed by atoms with Gasteiger partial charge in [0.25, 0.3) is 10.0 Å². The minimum Gasteiger partial charge on any atom is -0.357 e. The van der Waals surface area contributed by atoms with Crippen LogP contribution in [0.2, 0.25) is 0 Å². The third kappa shape index (κ3) is 5.11. The first-order valence-electron chi connectivity index (χ1n) is 10.5. The van der Waals surface area contributed by atoms with E-state index in [0.29, 0.717) is 11.4 Å². The van der Waals surface area contributed by atoms with E-state index in [2.05, 4.69) is 14.7 Å². The van der Waals surface area contributed by atoms with Crippen molar-refractivity contribution < 1.29 is 21.6 Å². The number of hydrogen-bond donors (Lipinski definition) is 1. The summed E-state index contributed by atoms with van der Waals surface area (Å²) in [6, 6.07) is 13.1. The Bertz CT molecular complexity index is 1260. The number of pyridine rings is 2. The summed E-state index contributed by atoms with van der Waals surface area (Å²) in [5.74, 6) is 0.338. The molecule has 0 saturated carbocycles. The summed E-state index contributed by atoms with van der Waals surface area (Å²) in [5.41, 5.74) is -0.414. The second-order valence-corrected chi connectivity index (χ2v) is 9.52. The van der Waals surface area contributed by atoms with Crippen molar-refractivity contribution in [2.24, 2.45) is 0 Å². The number of aryl methyl sites for hydroxylation is 1. The first-order chi connectivity index (χ1) is 15.6. The van der Waals surface area contributed by atoms with Crippen molar-refractivity contribution in [1.82, 2.24) is 9.97 Å². The number of hydrogen-bond acceptors (Lipinski definition) is 5. The molecule has 0 atom stereocenters. The highest BCUT2D eigenvalue weighted by atomic mass is 32.2. The minimum atomic E-state index is -4.65. The molecule has 6 nitrogen and oxygen atoms in total. The van der Waals surface area contributed by atoms with Crippen LogP contribution < -0.4 is 9.62 Å². The van der Waals surface area contributed by atoms with Gasteiger partial charge in [0.2, 0.25) is 0 Å². The maximum atomic E-state index is 13.6. The van der Waals surface area contributed by atoms with Gasteiger partial charge in [-0.1, -0.05) is 30.3 Å². The van der Waals surface area contributed by atoms with E-state index in [-0.39, 0.29) is 22.1 Å². The van der Waals surface area contributed by atoms with Crippen molar-refractivity contribution in [3.8, 4) is 11.3 Å². The van der Waals surface area contributed by atoms with Gasteiger partial charge in [-0.15, -0.1) is 0 Å². The molecule has 1 N–H and O–H groups in total. The average molecular weight is 477 g/mol. The maximum Gasteiger partial charge on any atom is 0.418 e. The lowest BCUT2D eigenvalue weighted by Gasteiger charge is -2.27. The molecule has 174 valence electrons. The number of benzene rings is 1. The maximum absolute atomic E-state index is 13.6. The predicted molar refractivity (Wildman–Crippen MR) is 121 cm³/mol. The van der Waals surface area contributed by atoms with E-state index in [1.807, 2.05) is 4.90 Å². The van der Waals surface area contributed by atoms with Crippen LogP contribution in [0.3, 0.4) is 0 Å². The molecule has 2 aromatic heterocycles. The zero-order valence-electron chi connectivity index (χ0n) is 17.9. The zero-order chi connectivity index (χ0) is 23.6. The number of alkyl halides is 3. The SMILES string of the molecule is Cc1ccccc1-c1nc(NS(=O)(=O)c2cccc(N3CCCCC3)n2)ccc1C(F)(F)F. The Balaban J connectivity index is 1.69. The highest BCUT2D eigenvalue weighted by Crippen LogP contribution is 2.38. The van der Waals surface area contributed by atoms with Crippen LogP contribution in [0.4, 0.5) is 24.8 Å². The van der Waals surface area contributed by atoms with Crippen molar-refractivity contribution in [3.63, 3.8) is 0 Å². The molecular weight excluding hydrogens is 453 g/mol. The molecule has 1 aliphatic rings. The van der Waals surface area contributed by atoms with Crippen molar-refractivity contribution in [2.45, 2.75) is 37.4 Å². The number of anilines is 2. The van der Waals surface area contributed by atoms with Gasteiger partial charge in [0, 0.05) is 18.7 Å². The smallest absolute Gasteiger partial charge is 0.357 e. The van der Waals surface area contributed by atoms with E-state index in [4.69, 9.17) is 0 Å². The molecule has 0 unspecified atom stereocenters. The minimum absolute atomic E-state index is 0.216. The molecular formula is C23H23F3N4O2S. The van der Waals surface area contributed by atoms with Crippen LogP contribution in [0.15, 0.2) is 59.6 Å². The molecule has 3 heterocycles. The van der Waals surface area contributed by atoms with E-state index in [9.17, 15) is 21.6 Å². The van der Waals surface area contributed by atoms with Crippen LogP contribution in [0.25, 0.3) is 11.3 Å². The second kappa shape index (κ2) is 9.01. The molecule has 0 bridgehead atoms. The Morgan fingerprint density at radius 3 is 2.33 bits per heavy atom. The van der Waals surface area contributed by atoms with Crippen LogP contribution >= 0.6 is 0 Å². The van der Waals surface area contributed by atoms with Gasteiger partial charge in [-0.05, 0) is 56.0 Å². The number of sulfonamides is 1. The number of nitrogens with zero attached hydrogens (tertiary/aromatic N) is 3. The summed E-state index contributed by atoms with van der Waals surface area (Å²) in [4.78, 5) is 10.4. The van der Waals surface area contributed by atoms with E-state index in [1.165, 1.54) is 12.1 Å². The van der Waals surface area contributed by atoms with Gasteiger partial charge in [-0.2, -0.15) is 21.6 Å². The normalized spacial score (nSPS) is 14.8. The van der Waals surface area contributed by atoms with Crippen molar-refractivity contribution in [1.29, 1.82) is 0 Å². The summed E-state index contributed by atoms with van der Waals surface area (Å²) in [7, 11) is -4.16. The third-order valence-electron chi connectivity index (χ3n) is 5.50. The fourth-order valence-corrected chi connectivity index (χ4v) is 4.80. The van der Waals surface area contributed by atoms with E-state index >= 15 is 0 Å². The van der Waals surface area contributed by atoms with Gasteiger partial charge in [0.1, 0.15) is 11.6 Å². The Morgan fingerprint density at radius 2 is 1.64 bits per heavy atom. The third-order valence-corrected chi connectivity index (χ3v) is 6.76. The number of piperidine rings is 1. The Hall–Kier alpha value is -3.14. The van der Waals surface area contributed by atoms with Gasteiger partial charge in [0.05, 0.1) is 11.3 Å². The van der Waals surface area contributed by atoms with Gasteiger partial charge >= 0.3 is 6.18 Å². The molecule has 1 aliphatic heterocycles. The topological polar surface area (TPSA) is 75.2 Å². The molecule has 33 heavy (non-hydrogen) atoms. The number of aromatic nitrogens is 2. The van der Waals surface area contributed by atoms with Crippen LogP contribution in [0, 0.1) is 6.92 Å².